The Bertz CT molecular complexity index is 1250. The molecule has 2 saturated carbocycles. The Kier molecular flexibility index (Phi) is 8.37. The summed E-state index contributed by atoms with van der Waals surface area (Å²) >= 11 is 0. The van der Waals surface area contributed by atoms with Gasteiger partial charge in [0.25, 0.3) is 5.91 Å². The Morgan fingerprint density at radius 2 is 1.55 bits per heavy atom. The lowest BCUT2D eigenvalue weighted by Crippen LogP contribution is -2.52. The predicted octanol–water partition coefficient (Wildman–Crippen LogP) is 7.06. The minimum absolute atomic E-state index is 0.0481. The number of aromatic nitrogens is 2. The Morgan fingerprint density at radius 1 is 0.895 bits per heavy atom. The van der Waals surface area contributed by atoms with Crippen molar-refractivity contribution in [3.63, 3.8) is 0 Å². The molecule has 3 aromatic rings. The third-order valence-electron chi connectivity index (χ3n) is 7.82. The fourth-order valence-electron chi connectivity index (χ4n) is 5.68. The number of nitrogens with one attached hydrogen (secondary N) is 1. The van der Waals surface area contributed by atoms with Crippen LogP contribution >= 0.6 is 0 Å². The quantitative estimate of drug-likeness (QED) is 0.361. The second kappa shape index (κ2) is 12.2. The van der Waals surface area contributed by atoms with E-state index in [1.165, 1.54) is 16.9 Å². The topological polar surface area (TPSA) is 67.2 Å². The van der Waals surface area contributed by atoms with Gasteiger partial charge in [-0.3, -0.25) is 9.69 Å². The Labute approximate surface area is 225 Å². The Morgan fingerprint density at radius 3 is 2.24 bits per heavy atom. The molecule has 0 aliphatic heterocycles. The maximum absolute atomic E-state index is 13.6. The lowest BCUT2D eigenvalue weighted by atomic mass is 9.93. The molecule has 3 amide bonds. The van der Waals surface area contributed by atoms with Gasteiger partial charge >= 0.3 is 6.03 Å². The van der Waals surface area contributed by atoms with Crippen LogP contribution < -0.4 is 5.32 Å². The van der Waals surface area contributed by atoms with Crippen molar-refractivity contribution in [2.45, 2.75) is 83.2 Å². The van der Waals surface area contributed by atoms with Gasteiger partial charge < -0.3 is 5.32 Å². The number of nitrogens with zero attached hydrogens (tertiary/aromatic N) is 3. The standard InChI is InChI=1S/C32H38N4O2/c1-24-17-19-25(20-18-24)31-26(23-35(34-31)28-13-7-3-8-14-28)21-22-30(37)36(29-15-9-4-10-16-29)32(38)33-27-11-5-2-6-12-27/h3,7-8,13-14,17-23,27,29H,2,4-6,9-12,15-16H2,1H3,(H,33,38). The van der Waals surface area contributed by atoms with Crippen LogP contribution in [0, 0.1) is 6.92 Å². The van der Waals surface area contributed by atoms with Gasteiger partial charge in [-0.2, -0.15) is 5.10 Å². The molecule has 0 bridgehead atoms. The van der Waals surface area contributed by atoms with E-state index in [4.69, 9.17) is 5.10 Å². The van der Waals surface area contributed by atoms with Gasteiger partial charge in [0.05, 0.1) is 11.4 Å². The van der Waals surface area contributed by atoms with Gasteiger partial charge in [0.15, 0.2) is 0 Å². The number of imide groups is 1. The van der Waals surface area contributed by atoms with Crippen LogP contribution in [-0.2, 0) is 4.79 Å². The number of aryl methyl sites for hydroxylation is 1. The van der Waals surface area contributed by atoms with Crippen LogP contribution in [0.5, 0.6) is 0 Å². The smallest absolute Gasteiger partial charge is 0.324 e. The first-order chi connectivity index (χ1) is 18.6. The van der Waals surface area contributed by atoms with Crippen LogP contribution in [0.25, 0.3) is 23.0 Å². The second-order valence-electron chi connectivity index (χ2n) is 10.7. The zero-order valence-electron chi connectivity index (χ0n) is 22.3. The number of para-hydroxylation sites is 1. The third kappa shape index (κ3) is 6.24. The number of urea groups is 1. The van der Waals surface area contributed by atoms with Crippen LogP contribution in [0.1, 0.15) is 75.3 Å². The van der Waals surface area contributed by atoms with Gasteiger partial charge in [0.1, 0.15) is 0 Å². The summed E-state index contributed by atoms with van der Waals surface area (Å²) < 4.78 is 1.84. The van der Waals surface area contributed by atoms with E-state index in [1.54, 1.807) is 6.08 Å². The molecular weight excluding hydrogens is 472 g/mol. The number of rotatable bonds is 6. The van der Waals surface area contributed by atoms with Crippen LogP contribution in [0.3, 0.4) is 0 Å². The second-order valence-corrected chi connectivity index (χ2v) is 10.7. The fourth-order valence-corrected chi connectivity index (χ4v) is 5.68. The van der Waals surface area contributed by atoms with Crippen molar-refractivity contribution in [3.05, 3.63) is 78.0 Å². The molecule has 198 valence electrons. The monoisotopic (exact) mass is 510 g/mol. The van der Waals surface area contributed by atoms with Gasteiger partial charge in [-0.25, -0.2) is 9.48 Å². The van der Waals surface area contributed by atoms with Crippen LogP contribution in [0.15, 0.2) is 66.9 Å². The van der Waals surface area contributed by atoms with Crippen molar-refractivity contribution in [2.75, 3.05) is 0 Å². The zero-order valence-corrected chi connectivity index (χ0v) is 22.3. The SMILES string of the molecule is Cc1ccc(-c2nn(-c3ccccc3)cc2C=CC(=O)N(C(=O)NC2CCCCC2)C2CCCCC2)cc1. The lowest BCUT2D eigenvalue weighted by molar-refractivity contribution is -0.125. The van der Waals surface area contributed by atoms with E-state index in [9.17, 15) is 9.59 Å². The first-order valence-corrected chi connectivity index (χ1v) is 14.1. The molecular formula is C32H38N4O2. The number of carbonyl (C=O) groups is 2. The van der Waals surface area contributed by atoms with Gasteiger partial charge in [-0.15, -0.1) is 0 Å². The van der Waals surface area contributed by atoms with Crippen molar-refractivity contribution >= 4 is 18.0 Å². The molecule has 0 unspecified atom stereocenters. The molecule has 6 heteroatoms. The minimum Gasteiger partial charge on any atom is -0.335 e. The fraction of sp³-hybridized carbons (Fsp3) is 0.406. The van der Waals surface area contributed by atoms with Crippen molar-refractivity contribution in [3.8, 4) is 16.9 Å². The van der Waals surface area contributed by atoms with Crippen LogP contribution in [0.2, 0.25) is 0 Å². The Balaban J connectivity index is 1.43. The molecule has 1 heterocycles. The molecule has 6 nitrogen and oxygen atoms in total. The van der Waals surface area contributed by atoms with Crippen molar-refractivity contribution in [2.24, 2.45) is 0 Å². The van der Waals surface area contributed by atoms with E-state index in [1.807, 2.05) is 47.3 Å². The van der Waals surface area contributed by atoms with Crippen LogP contribution in [0.4, 0.5) is 4.79 Å². The maximum atomic E-state index is 13.6. The summed E-state index contributed by atoms with van der Waals surface area (Å²) in [6.07, 6.45) is 15.8. The summed E-state index contributed by atoms with van der Waals surface area (Å²) in [5, 5.41) is 8.05. The van der Waals surface area contributed by atoms with Crippen molar-refractivity contribution < 1.29 is 9.59 Å². The Hall–Kier alpha value is -3.67. The summed E-state index contributed by atoms with van der Waals surface area (Å²) in [6.45, 7) is 2.06. The first kappa shape index (κ1) is 26.0. The summed E-state index contributed by atoms with van der Waals surface area (Å²) in [5.74, 6) is -0.257. The molecule has 2 aromatic carbocycles. The highest BCUT2D eigenvalue weighted by atomic mass is 16.2. The molecule has 1 aromatic heterocycles. The number of hydrogen-bond acceptors (Lipinski definition) is 3. The van der Waals surface area contributed by atoms with E-state index in [2.05, 4.69) is 36.5 Å². The van der Waals surface area contributed by atoms with E-state index in [0.717, 1.165) is 80.3 Å². The maximum Gasteiger partial charge on any atom is 0.324 e. The van der Waals surface area contributed by atoms with Crippen LogP contribution in [-0.4, -0.2) is 38.7 Å². The molecule has 5 rings (SSSR count). The van der Waals surface area contributed by atoms with Gasteiger partial charge in [-0.1, -0.05) is 86.6 Å². The molecule has 0 spiro atoms. The molecule has 2 aliphatic rings. The summed E-state index contributed by atoms with van der Waals surface area (Å²) in [5.41, 5.74) is 4.74. The largest absolute Gasteiger partial charge is 0.335 e. The highest BCUT2D eigenvalue weighted by Gasteiger charge is 2.31. The molecule has 2 aliphatic carbocycles. The number of amides is 3. The highest BCUT2D eigenvalue weighted by molar-refractivity contribution is 6.03. The summed E-state index contributed by atoms with van der Waals surface area (Å²) in [6, 6.07) is 18.1. The minimum atomic E-state index is -0.257. The average molecular weight is 511 g/mol. The summed E-state index contributed by atoms with van der Waals surface area (Å²) in [7, 11) is 0. The molecule has 0 atom stereocenters. The predicted molar refractivity (Wildman–Crippen MR) is 152 cm³/mol. The molecule has 1 N–H and O–H groups in total. The van der Waals surface area contributed by atoms with E-state index in [-0.39, 0.29) is 24.0 Å². The molecule has 2 fully saturated rings. The van der Waals surface area contributed by atoms with Gasteiger partial charge in [-0.05, 0) is 50.8 Å². The number of hydrogen-bond donors (Lipinski definition) is 1. The first-order valence-electron chi connectivity index (χ1n) is 14.1. The zero-order chi connectivity index (χ0) is 26.3. The summed E-state index contributed by atoms with van der Waals surface area (Å²) in [4.78, 5) is 28.5. The van der Waals surface area contributed by atoms with E-state index in [0.29, 0.717) is 0 Å². The lowest BCUT2D eigenvalue weighted by Gasteiger charge is -2.34. The molecule has 0 radical (unpaired) electrons. The van der Waals surface area contributed by atoms with Crippen molar-refractivity contribution in [1.29, 1.82) is 0 Å². The van der Waals surface area contributed by atoms with E-state index >= 15 is 0 Å². The normalized spacial score (nSPS) is 17.0. The van der Waals surface area contributed by atoms with Crippen molar-refractivity contribution in [1.82, 2.24) is 20.0 Å². The van der Waals surface area contributed by atoms with Gasteiger partial charge in [0.2, 0.25) is 0 Å². The number of benzene rings is 2. The third-order valence-corrected chi connectivity index (χ3v) is 7.82. The molecule has 38 heavy (non-hydrogen) atoms. The molecule has 0 saturated heterocycles. The van der Waals surface area contributed by atoms with Gasteiger partial charge in [0, 0.05) is 35.5 Å². The average Bonchev–Trinajstić information content (AvgIpc) is 3.38. The highest BCUT2D eigenvalue weighted by Crippen LogP contribution is 2.27. The van der Waals surface area contributed by atoms with E-state index < -0.39 is 0 Å². The number of carbonyl (C=O) groups excluding carboxylic acids is 2.